The van der Waals surface area contributed by atoms with Gasteiger partial charge >= 0.3 is 12.2 Å². The Kier molecular flexibility index (Phi) is 7.78. The molecule has 0 saturated heterocycles. The molecule has 3 heterocycles. The highest BCUT2D eigenvalue weighted by Crippen LogP contribution is 2.45. The number of thiazole rings is 1. The number of ether oxygens (including phenoxy) is 1. The fourth-order valence-electron chi connectivity index (χ4n) is 3.92. The first-order chi connectivity index (χ1) is 19.6. The molecule has 214 valence electrons. The molecule has 1 amide bonds. The summed E-state index contributed by atoms with van der Waals surface area (Å²) in [5.41, 5.74) is 0.528. The molecule has 2 aromatic carbocycles. The molecular weight excluding hydrogens is 559 g/mol. The van der Waals surface area contributed by atoms with Crippen LogP contribution in [0.1, 0.15) is 30.0 Å². The number of halogens is 3. The third-order valence-corrected chi connectivity index (χ3v) is 7.68. The average molecular weight is 586 g/mol. The Labute approximate surface area is 237 Å². The van der Waals surface area contributed by atoms with Gasteiger partial charge in [0.15, 0.2) is 5.69 Å². The maximum atomic E-state index is 13.8. The zero-order valence-electron chi connectivity index (χ0n) is 22.2. The van der Waals surface area contributed by atoms with Gasteiger partial charge in [0.25, 0.3) is 11.8 Å². The van der Waals surface area contributed by atoms with Crippen LogP contribution in [0.2, 0.25) is 0 Å². The second-order valence-corrected chi connectivity index (χ2v) is 10.6. The molecule has 5 rings (SSSR count). The van der Waals surface area contributed by atoms with Crippen LogP contribution in [-0.4, -0.2) is 59.4 Å². The van der Waals surface area contributed by atoms with E-state index in [4.69, 9.17) is 9.15 Å². The van der Waals surface area contributed by atoms with Gasteiger partial charge in [-0.05, 0) is 19.9 Å². The number of amides is 1. The summed E-state index contributed by atoms with van der Waals surface area (Å²) in [5.74, 6) is -0.592. The first kappa shape index (κ1) is 28.2. The zero-order valence-corrected chi connectivity index (χ0v) is 23.1. The first-order valence-electron chi connectivity index (χ1n) is 12.5. The predicted octanol–water partition coefficient (Wildman–Crippen LogP) is 5.32. The molecule has 0 radical (unpaired) electrons. The highest BCUT2D eigenvalue weighted by Gasteiger charge is 2.51. The van der Waals surface area contributed by atoms with Gasteiger partial charge in [-0.2, -0.15) is 13.2 Å². The third kappa shape index (κ3) is 5.79. The fourth-order valence-corrected chi connectivity index (χ4v) is 5.02. The summed E-state index contributed by atoms with van der Waals surface area (Å²) >= 11 is 0.846. The standard InChI is InChI=1S/C27H26F3N7O3S/c1-26(2,27(28,29)30)24-34-19(23(41-24)31-13-14-39-3)22-36-37-25(40-22)35-20-21(38)32-17-12-8-7-11-16(17)18(33-20)15-9-5-4-6-10-15/h4-12,20,31H,13-14H2,1-3H3,(H,32,38)(H,35,37). The normalized spacial score (nSPS) is 15.5. The summed E-state index contributed by atoms with van der Waals surface area (Å²) < 4.78 is 52.1. The number of carbonyl (C=O) groups is 1. The Balaban J connectivity index is 1.47. The van der Waals surface area contributed by atoms with Gasteiger partial charge in [0.05, 0.1) is 18.0 Å². The molecule has 1 aliphatic heterocycles. The minimum atomic E-state index is -4.54. The molecule has 1 unspecified atom stereocenters. The lowest BCUT2D eigenvalue weighted by molar-refractivity contribution is -0.180. The number of nitrogens with zero attached hydrogens (tertiary/aromatic N) is 4. The van der Waals surface area contributed by atoms with E-state index in [0.29, 0.717) is 29.6 Å². The number of aromatic nitrogens is 3. The molecule has 0 saturated carbocycles. The summed E-state index contributed by atoms with van der Waals surface area (Å²) in [6.07, 6.45) is -5.69. The average Bonchev–Trinajstić information content (AvgIpc) is 3.56. The summed E-state index contributed by atoms with van der Waals surface area (Å²) in [6.45, 7) is 2.74. The van der Waals surface area contributed by atoms with Crippen LogP contribution in [0.5, 0.6) is 0 Å². The fraction of sp³-hybridized carbons (Fsp3) is 0.296. The van der Waals surface area contributed by atoms with Gasteiger partial charge in [-0.15, -0.1) is 5.10 Å². The highest BCUT2D eigenvalue weighted by molar-refractivity contribution is 7.16. The number of hydrogen-bond acceptors (Lipinski definition) is 10. The highest BCUT2D eigenvalue weighted by atomic mass is 32.1. The molecule has 0 spiro atoms. The van der Waals surface area contributed by atoms with Gasteiger partial charge in [0.1, 0.15) is 15.4 Å². The van der Waals surface area contributed by atoms with Crippen molar-refractivity contribution in [1.82, 2.24) is 15.2 Å². The molecule has 1 atom stereocenters. The van der Waals surface area contributed by atoms with Gasteiger partial charge in [-0.1, -0.05) is 65.0 Å². The van der Waals surface area contributed by atoms with Crippen LogP contribution in [0.3, 0.4) is 0 Å². The number of benzene rings is 2. The van der Waals surface area contributed by atoms with Crippen molar-refractivity contribution < 1.29 is 27.1 Å². The molecule has 0 fully saturated rings. The number of aliphatic imine (C=N–C) groups is 1. The maximum absolute atomic E-state index is 13.8. The van der Waals surface area contributed by atoms with E-state index in [1.54, 1.807) is 12.1 Å². The maximum Gasteiger partial charge on any atom is 0.400 e. The number of nitrogens with one attached hydrogen (secondary N) is 3. The van der Waals surface area contributed by atoms with Gasteiger partial charge in [-0.3, -0.25) is 4.79 Å². The summed E-state index contributed by atoms with van der Waals surface area (Å²) in [4.78, 5) is 22.0. The van der Waals surface area contributed by atoms with E-state index in [2.05, 4.69) is 36.1 Å². The Morgan fingerprint density at radius 1 is 1.07 bits per heavy atom. The van der Waals surface area contributed by atoms with Crippen molar-refractivity contribution in [3.8, 4) is 11.6 Å². The lowest BCUT2D eigenvalue weighted by atomic mass is 9.94. The molecular formula is C27H26F3N7O3S. The zero-order chi connectivity index (χ0) is 29.2. The van der Waals surface area contributed by atoms with Crippen LogP contribution in [0.25, 0.3) is 11.6 Å². The van der Waals surface area contributed by atoms with Crippen molar-refractivity contribution in [2.24, 2.45) is 4.99 Å². The number of anilines is 3. The summed E-state index contributed by atoms with van der Waals surface area (Å²) in [6, 6.07) is 16.5. The van der Waals surface area contributed by atoms with Gasteiger partial charge in [-0.25, -0.2) is 9.98 Å². The van der Waals surface area contributed by atoms with Crippen LogP contribution in [0, 0.1) is 0 Å². The first-order valence-corrected chi connectivity index (χ1v) is 13.3. The molecule has 41 heavy (non-hydrogen) atoms. The van der Waals surface area contributed by atoms with Crippen molar-refractivity contribution in [1.29, 1.82) is 0 Å². The number of alkyl halides is 3. The van der Waals surface area contributed by atoms with Crippen LogP contribution in [-0.2, 0) is 14.9 Å². The van der Waals surface area contributed by atoms with Crippen molar-refractivity contribution in [3.63, 3.8) is 0 Å². The van der Waals surface area contributed by atoms with Crippen molar-refractivity contribution in [2.45, 2.75) is 31.6 Å². The van der Waals surface area contributed by atoms with Crippen LogP contribution < -0.4 is 16.0 Å². The molecule has 1 aliphatic rings. The van der Waals surface area contributed by atoms with Gasteiger partial charge < -0.3 is 25.1 Å². The van der Waals surface area contributed by atoms with Crippen molar-refractivity contribution in [2.75, 3.05) is 36.2 Å². The Hall–Kier alpha value is -4.30. The molecule has 14 heteroatoms. The number of para-hydroxylation sites is 1. The largest absolute Gasteiger partial charge is 0.402 e. The smallest absolute Gasteiger partial charge is 0.400 e. The Bertz CT molecular complexity index is 1570. The number of rotatable bonds is 9. The van der Waals surface area contributed by atoms with E-state index >= 15 is 0 Å². The summed E-state index contributed by atoms with van der Waals surface area (Å²) in [7, 11) is 1.51. The number of methoxy groups -OCH3 is 1. The lowest BCUT2D eigenvalue weighted by Gasteiger charge is -2.24. The van der Waals surface area contributed by atoms with E-state index in [-0.39, 0.29) is 22.6 Å². The predicted molar refractivity (Wildman–Crippen MR) is 149 cm³/mol. The van der Waals surface area contributed by atoms with Gasteiger partial charge in [0.2, 0.25) is 6.17 Å². The second-order valence-electron chi connectivity index (χ2n) is 9.58. The Morgan fingerprint density at radius 2 is 1.80 bits per heavy atom. The molecule has 3 N–H and O–H groups in total. The minimum absolute atomic E-state index is 0.0603. The van der Waals surface area contributed by atoms with Crippen molar-refractivity contribution in [3.05, 3.63) is 70.7 Å². The van der Waals surface area contributed by atoms with Crippen LogP contribution in [0.15, 0.2) is 64.0 Å². The quantitative estimate of drug-likeness (QED) is 0.225. The number of fused-ring (bicyclic) bond motifs is 1. The molecule has 2 aromatic heterocycles. The SMILES string of the molecule is COCCNc1sc(C(C)(C)C(F)(F)F)nc1-c1nnc(NC2N=C(c3ccccc3)c3ccccc3NC2=O)o1. The lowest BCUT2D eigenvalue weighted by Crippen LogP contribution is -2.36. The van der Waals surface area contributed by atoms with E-state index in [1.807, 2.05) is 42.5 Å². The monoisotopic (exact) mass is 585 g/mol. The molecule has 4 aromatic rings. The van der Waals surface area contributed by atoms with Crippen LogP contribution >= 0.6 is 11.3 Å². The molecule has 0 aliphatic carbocycles. The number of benzodiazepines with no additional fused rings is 1. The second kappa shape index (κ2) is 11.3. The molecule has 0 bridgehead atoms. The topological polar surface area (TPSA) is 127 Å². The summed E-state index contributed by atoms with van der Waals surface area (Å²) in [5, 5.41) is 16.8. The van der Waals surface area contributed by atoms with E-state index in [1.165, 1.54) is 7.11 Å². The van der Waals surface area contributed by atoms with Crippen LogP contribution in [0.4, 0.5) is 29.9 Å². The van der Waals surface area contributed by atoms with E-state index < -0.39 is 23.7 Å². The molecule has 10 nitrogen and oxygen atoms in total. The van der Waals surface area contributed by atoms with E-state index in [9.17, 15) is 18.0 Å². The van der Waals surface area contributed by atoms with E-state index in [0.717, 1.165) is 36.3 Å². The van der Waals surface area contributed by atoms with Crippen molar-refractivity contribution >= 4 is 39.7 Å². The number of hydrogen-bond donors (Lipinski definition) is 3. The third-order valence-electron chi connectivity index (χ3n) is 6.34. The van der Waals surface area contributed by atoms with Gasteiger partial charge in [0, 0.05) is 24.8 Å². The minimum Gasteiger partial charge on any atom is -0.402 e. The number of carbonyl (C=O) groups excluding carboxylic acids is 1. The Morgan fingerprint density at radius 3 is 2.54 bits per heavy atom.